The Hall–Kier alpha value is -1.69. The van der Waals surface area contributed by atoms with Gasteiger partial charge in [0.25, 0.3) is 0 Å². The van der Waals surface area contributed by atoms with Crippen LogP contribution in [0.2, 0.25) is 0 Å². The maximum absolute atomic E-state index is 14.2. The number of hydrogen-bond donors (Lipinski definition) is 2. The van der Waals surface area contributed by atoms with Crippen molar-refractivity contribution in [3.63, 3.8) is 0 Å². The van der Waals surface area contributed by atoms with Crippen LogP contribution in [0, 0.1) is 28.9 Å². The van der Waals surface area contributed by atoms with Gasteiger partial charge in [-0.1, -0.05) is 0 Å². The Morgan fingerprint density at radius 1 is 1.25 bits per heavy atom. The lowest BCUT2D eigenvalue weighted by Gasteiger charge is -2.28. The fourth-order valence-corrected chi connectivity index (χ4v) is 3.53. The SMILES string of the molecule is CC(=N)C1CCC(COc2cc3c(c(F)c2F)OC(N)CC3)CC1. The van der Waals surface area contributed by atoms with Gasteiger partial charge in [-0.05, 0) is 56.9 Å². The summed E-state index contributed by atoms with van der Waals surface area (Å²) in [5, 5.41) is 7.70. The summed E-state index contributed by atoms with van der Waals surface area (Å²) in [5.74, 6) is -1.46. The molecular weight excluding hydrogens is 314 g/mol. The highest BCUT2D eigenvalue weighted by Crippen LogP contribution is 2.37. The second-order valence-electron chi connectivity index (χ2n) is 6.90. The molecule has 0 amide bonds. The molecule has 1 aromatic rings. The number of nitrogens with two attached hydrogens (primary N) is 1. The van der Waals surface area contributed by atoms with Gasteiger partial charge in [-0.15, -0.1) is 0 Å². The van der Waals surface area contributed by atoms with E-state index in [1.165, 1.54) is 6.07 Å². The quantitative estimate of drug-likeness (QED) is 0.821. The topological polar surface area (TPSA) is 68.3 Å². The molecule has 3 rings (SSSR count). The monoisotopic (exact) mass is 338 g/mol. The summed E-state index contributed by atoms with van der Waals surface area (Å²) in [6.07, 6.45) is 4.37. The second kappa shape index (κ2) is 7.05. The number of aryl methyl sites for hydroxylation is 1. The summed E-state index contributed by atoms with van der Waals surface area (Å²) < 4.78 is 39.2. The molecule has 0 radical (unpaired) electrons. The van der Waals surface area contributed by atoms with Gasteiger partial charge in [-0.2, -0.15) is 8.78 Å². The number of halogens is 2. The van der Waals surface area contributed by atoms with Crippen LogP contribution in [0.25, 0.3) is 0 Å². The molecule has 0 saturated heterocycles. The molecule has 132 valence electrons. The highest BCUT2D eigenvalue weighted by molar-refractivity contribution is 5.81. The molecule has 0 bridgehead atoms. The Labute approximate surface area is 140 Å². The van der Waals surface area contributed by atoms with Gasteiger partial charge in [0.2, 0.25) is 11.6 Å². The van der Waals surface area contributed by atoms with Crippen molar-refractivity contribution in [2.24, 2.45) is 17.6 Å². The second-order valence-corrected chi connectivity index (χ2v) is 6.90. The van der Waals surface area contributed by atoms with Crippen LogP contribution < -0.4 is 15.2 Å². The first kappa shape index (κ1) is 17.1. The predicted molar refractivity (Wildman–Crippen MR) is 87.6 cm³/mol. The minimum atomic E-state index is -1.01. The van der Waals surface area contributed by atoms with E-state index < -0.39 is 17.9 Å². The van der Waals surface area contributed by atoms with Crippen molar-refractivity contribution in [3.05, 3.63) is 23.3 Å². The summed E-state index contributed by atoms with van der Waals surface area (Å²) in [7, 11) is 0. The number of nitrogens with one attached hydrogen (secondary N) is 1. The molecule has 2 aliphatic rings. The number of benzene rings is 1. The third-order valence-corrected chi connectivity index (χ3v) is 5.11. The molecule has 1 aliphatic heterocycles. The third-order valence-electron chi connectivity index (χ3n) is 5.11. The van der Waals surface area contributed by atoms with E-state index in [1.54, 1.807) is 0 Å². The molecule has 1 atom stereocenters. The van der Waals surface area contributed by atoms with E-state index in [1.807, 2.05) is 6.92 Å². The molecule has 1 saturated carbocycles. The first-order valence-electron chi connectivity index (χ1n) is 8.56. The first-order chi connectivity index (χ1) is 11.5. The van der Waals surface area contributed by atoms with Gasteiger partial charge < -0.3 is 14.9 Å². The van der Waals surface area contributed by atoms with Crippen LogP contribution in [-0.2, 0) is 6.42 Å². The molecule has 1 heterocycles. The summed E-state index contributed by atoms with van der Waals surface area (Å²) >= 11 is 0. The molecular formula is C18H24F2N2O2. The smallest absolute Gasteiger partial charge is 0.204 e. The largest absolute Gasteiger partial charge is 0.490 e. The lowest BCUT2D eigenvalue weighted by molar-refractivity contribution is 0.164. The van der Waals surface area contributed by atoms with Crippen molar-refractivity contribution in [2.75, 3.05) is 6.61 Å². The fourth-order valence-electron chi connectivity index (χ4n) is 3.53. The molecule has 4 nitrogen and oxygen atoms in total. The zero-order chi connectivity index (χ0) is 17.3. The molecule has 1 aliphatic carbocycles. The Morgan fingerprint density at radius 3 is 2.62 bits per heavy atom. The van der Waals surface area contributed by atoms with E-state index in [0.29, 0.717) is 36.8 Å². The standard InChI is InChI=1S/C18H24F2N2O2/c1-10(21)12-4-2-11(3-5-12)9-23-14-8-13-6-7-15(22)24-18(13)17(20)16(14)19/h8,11-12,15,21H,2-7,9,22H2,1H3. The van der Waals surface area contributed by atoms with Crippen LogP contribution in [0.3, 0.4) is 0 Å². The number of hydrogen-bond acceptors (Lipinski definition) is 4. The van der Waals surface area contributed by atoms with Crippen molar-refractivity contribution in [3.8, 4) is 11.5 Å². The summed E-state index contributed by atoms with van der Waals surface area (Å²) in [5.41, 5.74) is 6.97. The molecule has 24 heavy (non-hydrogen) atoms. The van der Waals surface area contributed by atoms with Crippen molar-refractivity contribution in [1.82, 2.24) is 0 Å². The highest BCUT2D eigenvalue weighted by atomic mass is 19.2. The molecule has 6 heteroatoms. The average molecular weight is 338 g/mol. The Bertz CT molecular complexity index is 628. The van der Waals surface area contributed by atoms with E-state index in [-0.39, 0.29) is 11.5 Å². The number of ether oxygens (including phenoxy) is 2. The lowest BCUT2D eigenvalue weighted by Crippen LogP contribution is -2.32. The molecule has 0 aromatic heterocycles. The van der Waals surface area contributed by atoms with E-state index in [9.17, 15) is 8.78 Å². The summed E-state index contributed by atoms with van der Waals surface area (Å²) in [4.78, 5) is 0. The Morgan fingerprint density at radius 2 is 1.96 bits per heavy atom. The average Bonchev–Trinajstić information content (AvgIpc) is 2.58. The Kier molecular flexibility index (Phi) is 5.04. The minimum absolute atomic E-state index is 0.0457. The zero-order valence-corrected chi connectivity index (χ0v) is 13.9. The van der Waals surface area contributed by atoms with Crippen LogP contribution in [0.15, 0.2) is 6.07 Å². The summed E-state index contributed by atoms with van der Waals surface area (Å²) in [6.45, 7) is 2.22. The van der Waals surface area contributed by atoms with Gasteiger partial charge in [-0.25, -0.2) is 0 Å². The fraction of sp³-hybridized carbons (Fsp3) is 0.611. The van der Waals surface area contributed by atoms with E-state index in [2.05, 4.69) is 0 Å². The lowest BCUT2D eigenvalue weighted by atomic mass is 9.80. The first-order valence-corrected chi connectivity index (χ1v) is 8.56. The molecule has 1 fully saturated rings. The van der Waals surface area contributed by atoms with Gasteiger partial charge in [0, 0.05) is 17.7 Å². The van der Waals surface area contributed by atoms with Crippen LogP contribution in [0.1, 0.15) is 44.6 Å². The van der Waals surface area contributed by atoms with Crippen LogP contribution in [0.4, 0.5) is 8.78 Å². The van der Waals surface area contributed by atoms with Gasteiger partial charge in [0.15, 0.2) is 11.5 Å². The van der Waals surface area contributed by atoms with Crippen molar-refractivity contribution >= 4 is 5.71 Å². The molecule has 1 aromatic carbocycles. The van der Waals surface area contributed by atoms with E-state index in [4.69, 9.17) is 20.6 Å². The van der Waals surface area contributed by atoms with Crippen molar-refractivity contribution < 1.29 is 18.3 Å². The number of rotatable bonds is 4. The van der Waals surface area contributed by atoms with Gasteiger partial charge in [0.1, 0.15) is 6.23 Å². The molecule has 3 N–H and O–H groups in total. The Balaban J connectivity index is 1.64. The van der Waals surface area contributed by atoms with Gasteiger partial charge >= 0.3 is 0 Å². The van der Waals surface area contributed by atoms with Crippen molar-refractivity contribution in [1.29, 1.82) is 5.41 Å². The van der Waals surface area contributed by atoms with Crippen LogP contribution in [-0.4, -0.2) is 18.5 Å². The third kappa shape index (κ3) is 3.53. The van der Waals surface area contributed by atoms with Gasteiger partial charge in [0.05, 0.1) is 6.61 Å². The highest BCUT2D eigenvalue weighted by Gasteiger charge is 2.27. The van der Waals surface area contributed by atoms with E-state index in [0.717, 1.165) is 31.4 Å². The van der Waals surface area contributed by atoms with Crippen LogP contribution in [0.5, 0.6) is 11.5 Å². The van der Waals surface area contributed by atoms with Gasteiger partial charge in [-0.3, -0.25) is 5.73 Å². The normalized spacial score (nSPS) is 26.4. The maximum atomic E-state index is 14.2. The van der Waals surface area contributed by atoms with E-state index >= 15 is 0 Å². The molecule has 1 unspecified atom stereocenters. The predicted octanol–water partition coefficient (Wildman–Crippen LogP) is 3.80. The molecule has 0 spiro atoms. The summed E-state index contributed by atoms with van der Waals surface area (Å²) in [6, 6.07) is 1.53. The number of fused-ring (bicyclic) bond motifs is 1. The van der Waals surface area contributed by atoms with Crippen molar-refractivity contribution in [2.45, 2.75) is 51.7 Å². The minimum Gasteiger partial charge on any atom is -0.490 e. The van der Waals surface area contributed by atoms with Crippen LogP contribution >= 0.6 is 0 Å². The zero-order valence-electron chi connectivity index (χ0n) is 13.9. The maximum Gasteiger partial charge on any atom is 0.204 e.